The SMILES string of the molecule is Cc1cc(F)c(NC(=O)c2cccc(-c3nncn3C(C)C)n2)cc1-n1ccnc1C1CC1. The molecule has 0 bridgehead atoms. The largest absolute Gasteiger partial charge is 0.318 e. The third kappa shape index (κ3) is 4.02. The highest BCUT2D eigenvalue weighted by Crippen LogP contribution is 2.40. The maximum atomic E-state index is 14.8. The Hall–Kier alpha value is -3.88. The van der Waals surface area contributed by atoms with Crippen molar-refractivity contribution in [3.05, 3.63) is 72.0 Å². The lowest BCUT2D eigenvalue weighted by atomic mass is 10.1. The van der Waals surface area contributed by atoms with E-state index in [0.29, 0.717) is 17.4 Å². The summed E-state index contributed by atoms with van der Waals surface area (Å²) in [4.78, 5) is 21.9. The minimum absolute atomic E-state index is 0.0913. The van der Waals surface area contributed by atoms with Crippen LogP contribution in [0.4, 0.5) is 10.1 Å². The number of hydrogen-bond donors (Lipinski definition) is 1. The Bertz CT molecular complexity index is 1340. The van der Waals surface area contributed by atoms with Crippen LogP contribution in [0.25, 0.3) is 17.2 Å². The summed E-state index contributed by atoms with van der Waals surface area (Å²) >= 11 is 0. The molecule has 0 unspecified atom stereocenters. The lowest BCUT2D eigenvalue weighted by molar-refractivity contribution is 0.102. The normalized spacial score (nSPS) is 13.5. The predicted octanol–water partition coefficient (Wildman–Crippen LogP) is 4.68. The molecule has 1 aliphatic rings. The molecule has 1 aliphatic carbocycles. The average Bonchev–Trinajstić information content (AvgIpc) is 3.31. The van der Waals surface area contributed by atoms with Crippen LogP contribution in [0.2, 0.25) is 0 Å². The van der Waals surface area contributed by atoms with E-state index in [2.05, 4.69) is 25.5 Å². The molecule has 1 saturated carbocycles. The zero-order chi connectivity index (χ0) is 23.1. The Morgan fingerprint density at radius 1 is 1.24 bits per heavy atom. The molecule has 0 aliphatic heterocycles. The van der Waals surface area contributed by atoms with Gasteiger partial charge in [-0.1, -0.05) is 6.07 Å². The number of imidazole rings is 1. The molecule has 3 aromatic heterocycles. The Morgan fingerprint density at radius 3 is 2.82 bits per heavy atom. The molecule has 5 rings (SSSR count). The first-order valence-electron chi connectivity index (χ1n) is 10.9. The van der Waals surface area contributed by atoms with Gasteiger partial charge in [-0.2, -0.15) is 0 Å². The van der Waals surface area contributed by atoms with Crippen LogP contribution < -0.4 is 5.32 Å². The summed E-state index contributed by atoms with van der Waals surface area (Å²) in [7, 11) is 0. The minimum Gasteiger partial charge on any atom is -0.318 e. The van der Waals surface area contributed by atoms with Crippen molar-refractivity contribution in [2.24, 2.45) is 0 Å². The second-order valence-corrected chi connectivity index (χ2v) is 8.57. The highest BCUT2D eigenvalue weighted by molar-refractivity contribution is 6.03. The molecule has 3 heterocycles. The van der Waals surface area contributed by atoms with Crippen LogP contribution in [0.1, 0.15) is 60.5 Å². The summed E-state index contributed by atoms with van der Waals surface area (Å²) in [5, 5.41) is 10.8. The van der Waals surface area contributed by atoms with Gasteiger partial charge < -0.3 is 14.5 Å². The van der Waals surface area contributed by atoms with E-state index in [4.69, 9.17) is 0 Å². The third-order valence-corrected chi connectivity index (χ3v) is 5.75. The van der Waals surface area contributed by atoms with E-state index >= 15 is 0 Å². The molecule has 1 aromatic carbocycles. The zero-order valence-electron chi connectivity index (χ0n) is 18.7. The molecular weight excluding hydrogens is 421 g/mol. The summed E-state index contributed by atoms with van der Waals surface area (Å²) in [5.74, 6) is 0.951. The Morgan fingerprint density at radius 2 is 2.06 bits per heavy atom. The summed E-state index contributed by atoms with van der Waals surface area (Å²) in [6.07, 6.45) is 7.46. The molecule has 0 spiro atoms. The maximum Gasteiger partial charge on any atom is 0.274 e. The number of aromatic nitrogens is 6. The topological polar surface area (TPSA) is 90.5 Å². The van der Waals surface area contributed by atoms with Crippen LogP contribution in [0, 0.1) is 12.7 Å². The zero-order valence-corrected chi connectivity index (χ0v) is 18.7. The first-order chi connectivity index (χ1) is 15.9. The van der Waals surface area contributed by atoms with Gasteiger partial charge in [-0.3, -0.25) is 4.79 Å². The fourth-order valence-electron chi connectivity index (χ4n) is 3.85. The van der Waals surface area contributed by atoms with Crippen molar-refractivity contribution in [2.75, 3.05) is 5.32 Å². The average molecular weight is 446 g/mol. The highest BCUT2D eigenvalue weighted by atomic mass is 19.1. The lowest BCUT2D eigenvalue weighted by Crippen LogP contribution is -2.16. The number of rotatable bonds is 6. The van der Waals surface area contributed by atoms with E-state index in [1.165, 1.54) is 6.07 Å². The number of halogens is 1. The van der Waals surface area contributed by atoms with E-state index < -0.39 is 11.7 Å². The van der Waals surface area contributed by atoms with Gasteiger partial charge in [-0.25, -0.2) is 14.4 Å². The Kier molecular flexibility index (Phi) is 5.24. The smallest absolute Gasteiger partial charge is 0.274 e. The van der Waals surface area contributed by atoms with Crippen molar-refractivity contribution >= 4 is 11.6 Å². The van der Waals surface area contributed by atoms with E-state index in [-0.39, 0.29) is 17.4 Å². The van der Waals surface area contributed by atoms with Crippen LogP contribution in [-0.4, -0.2) is 35.2 Å². The maximum absolute atomic E-state index is 14.8. The van der Waals surface area contributed by atoms with Gasteiger partial charge in [0, 0.05) is 24.4 Å². The second-order valence-electron chi connectivity index (χ2n) is 8.57. The van der Waals surface area contributed by atoms with E-state index in [0.717, 1.165) is 29.9 Å². The van der Waals surface area contributed by atoms with Crippen molar-refractivity contribution in [3.63, 3.8) is 0 Å². The van der Waals surface area contributed by atoms with Gasteiger partial charge in [-0.05, 0) is 63.4 Å². The number of amides is 1. The molecule has 0 saturated heterocycles. The van der Waals surface area contributed by atoms with Crippen molar-refractivity contribution in [2.45, 2.75) is 45.6 Å². The molecule has 1 amide bonds. The number of nitrogens with one attached hydrogen (secondary N) is 1. The first kappa shape index (κ1) is 21.0. The Labute approximate surface area is 190 Å². The fraction of sp³-hybridized carbons (Fsp3) is 0.292. The molecule has 168 valence electrons. The van der Waals surface area contributed by atoms with Crippen molar-refractivity contribution in [1.82, 2.24) is 29.3 Å². The van der Waals surface area contributed by atoms with E-state index in [9.17, 15) is 9.18 Å². The van der Waals surface area contributed by atoms with Crippen molar-refractivity contribution in [1.29, 1.82) is 0 Å². The summed E-state index contributed by atoms with van der Waals surface area (Å²) in [6, 6.07) is 8.29. The molecule has 1 fully saturated rings. The van der Waals surface area contributed by atoms with E-state index in [1.54, 1.807) is 36.8 Å². The van der Waals surface area contributed by atoms with Gasteiger partial charge in [0.25, 0.3) is 5.91 Å². The number of nitrogens with zero attached hydrogens (tertiary/aromatic N) is 6. The summed E-state index contributed by atoms with van der Waals surface area (Å²) in [5.41, 5.74) is 2.32. The number of anilines is 1. The Balaban J connectivity index is 1.45. The first-order valence-corrected chi connectivity index (χ1v) is 10.9. The van der Waals surface area contributed by atoms with Gasteiger partial charge in [0.1, 0.15) is 29.4 Å². The van der Waals surface area contributed by atoms with Gasteiger partial charge in [0.05, 0.1) is 11.4 Å². The van der Waals surface area contributed by atoms with Gasteiger partial charge in [-0.15, -0.1) is 10.2 Å². The molecule has 33 heavy (non-hydrogen) atoms. The number of aryl methyl sites for hydroxylation is 1. The molecule has 4 aromatic rings. The van der Waals surface area contributed by atoms with Gasteiger partial charge in [0.2, 0.25) is 0 Å². The number of carbonyl (C=O) groups is 1. The minimum atomic E-state index is -0.506. The van der Waals surface area contributed by atoms with Crippen LogP contribution in [0.15, 0.2) is 49.1 Å². The van der Waals surface area contributed by atoms with Crippen LogP contribution >= 0.6 is 0 Å². The van der Waals surface area contributed by atoms with Crippen molar-refractivity contribution < 1.29 is 9.18 Å². The molecule has 9 heteroatoms. The number of hydrogen-bond acceptors (Lipinski definition) is 5. The van der Waals surface area contributed by atoms with Crippen molar-refractivity contribution in [3.8, 4) is 17.2 Å². The predicted molar refractivity (Wildman–Crippen MR) is 122 cm³/mol. The molecular formula is C24H24FN7O. The molecule has 0 atom stereocenters. The fourth-order valence-corrected chi connectivity index (χ4v) is 3.85. The van der Waals surface area contributed by atoms with Crippen LogP contribution in [0.3, 0.4) is 0 Å². The molecule has 8 nitrogen and oxygen atoms in total. The standard InChI is InChI=1S/C24H24FN7O/c1-14(2)32-13-27-30-23(32)18-5-4-6-19(28-18)24(33)29-20-12-21(15(3)11-17(20)25)31-10-9-26-22(31)16-7-8-16/h4-6,9-14,16H,7-8H2,1-3H3,(H,29,33). The number of carbonyl (C=O) groups excluding carboxylic acids is 1. The summed E-state index contributed by atoms with van der Waals surface area (Å²) in [6.45, 7) is 5.86. The van der Waals surface area contributed by atoms with Gasteiger partial charge in [0.15, 0.2) is 5.82 Å². The monoisotopic (exact) mass is 445 g/mol. The summed E-state index contributed by atoms with van der Waals surface area (Å²) < 4.78 is 18.6. The van der Waals surface area contributed by atoms with Crippen LogP contribution in [-0.2, 0) is 0 Å². The number of pyridine rings is 1. The highest BCUT2D eigenvalue weighted by Gasteiger charge is 2.29. The molecule has 0 radical (unpaired) electrons. The lowest BCUT2D eigenvalue weighted by Gasteiger charge is -2.14. The number of benzene rings is 1. The third-order valence-electron chi connectivity index (χ3n) is 5.75. The van der Waals surface area contributed by atoms with Crippen LogP contribution in [0.5, 0.6) is 0 Å². The second kappa shape index (κ2) is 8.23. The van der Waals surface area contributed by atoms with Gasteiger partial charge >= 0.3 is 0 Å². The quantitative estimate of drug-likeness (QED) is 0.465. The molecule has 1 N–H and O–H groups in total. The van der Waals surface area contributed by atoms with E-state index in [1.807, 2.05) is 36.1 Å².